The molecule has 1 N–H and O–H groups in total. The molecule has 3 rings (SSSR count). The number of allylic oxidation sites excluding steroid dienone is 1. The van der Waals surface area contributed by atoms with Crippen LogP contribution in [0.5, 0.6) is 5.75 Å². The molecule has 3 aromatic rings. The van der Waals surface area contributed by atoms with Gasteiger partial charge in [-0.15, -0.1) is 16.8 Å². The van der Waals surface area contributed by atoms with E-state index in [-0.39, 0.29) is 11.7 Å². The lowest BCUT2D eigenvalue weighted by molar-refractivity contribution is -0.113. The van der Waals surface area contributed by atoms with Crippen LogP contribution in [0.2, 0.25) is 0 Å². The van der Waals surface area contributed by atoms with Crippen molar-refractivity contribution in [2.45, 2.75) is 18.6 Å². The zero-order valence-electron chi connectivity index (χ0n) is 15.9. The standard InChI is InChI=1S/C21H22N4O2S/c1-4-13-25-20(16-10-6-5-9-15(16)2)23-24-21(25)28-14-19(26)22-17-11-7-8-12-18(17)27-3/h4-12H,1,13-14H2,2-3H3,(H,22,26). The third-order valence-electron chi connectivity index (χ3n) is 4.13. The average Bonchev–Trinajstić information content (AvgIpc) is 3.10. The van der Waals surface area contributed by atoms with Crippen molar-refractivity contribution in [1.29, 1.82) is 0 Å². The first-order chi connectivity index (χ1) is 13.6. The minimum Gasteiger partial charge on any atom is -0.495 e. The van der Waals surface area contributed by atoms with Crippen molar-refractivity contribution in [3.63, 3.8) is 0 Å². The van der Waals surface area contributed by atoms with Crippen molar-refractivity contribution in [2.75, 3.05) is 18.2 Å². The van der Waals surface area contributed by atoms with Crippen LogP contribution in [-0.2, 0) is 11.3 Å². The molecule has 0 atom stereocenters. The van der Waals surface area contributed by atoms with E-state index >= 15 is 0 Å². The number of hydrogen-bond donors (Lipinski definition) is 1. The first-order valence-corrected chi connectivity index (χ1v) is 9.78. The van der Waals surface area contributed by atoms with Crippen molar-refractivity contribution in [3.05, 3.63) is 66.7 Å². The molecular formula is C21H22N4O2S. The van der Waals surface area contributed by atoms with E-state index in [1.807, 2.05) is 47.9 Å². The second-order valence-corrected chi connectivity index (χ2v) is 7.00. The first-order valence-electron chi connectivity index (χ1n) is 8.79. The fraction of sp³-hybridized carbons (Fsp3) is 0.190. The molecular weight excluding hydrogens is 372 g/mol. The minimum atomic E-state index is -0.139. The second kappa shape index (κ2) is 9.23. The van der Waals surface area contributed by atoms with Crippen LogP contribution in [0.1, 0.15) is 5.56 Å². The topological polar surface area (TPSA) is 69.0 Å². The smallest absolute Gasteiger partial charge is 0.234 e. The van der Waals surface area contributed by atoms with Gasteiger partial charge in [-0.25, -0.2) is 0 Å². The van der Waals surface area contributed by atoms with Crippen LogP contribution in [0.3, 0.4) is 0 Å². The molecule has 28 heavy (non-hydrogen) atoms. The molecule has 0 unspecified atom stereocenters. The van der Waals surface area contributed by atoms with E-state index in [9.17, 15) is 4.79 Å². The Morgan fingerprint density at radius 1 is 1.21 bits per heavy atom. The van der Waals surface area contributed by atoms with Gasteiger partial charge in [0.05, 0.1) is 18.6 Å². The number of benzene rings is 2. The summed E-state index contributed by atoms with van der Waals surface area (Å²) in [6, 6.07) is 15.3. The molecule has 0 spiro atoms. The molecule has 0 radical (unpaired) electrons. The van der Waals surface area contributed by atoms with Gasteiger partial charge in [0.2, 0.25) is 5.91 Å². The Balaban J connectivity index is 1.75. The molecule has 1 heterocycles. The number of carbonyl (C=O) groups excluding carboxylic acids is 1. The highest BCUT2D eigenvalue weighted by atomic mass is 32.2. The number of thioether (sulfide) groups is 1. The highest BCUT2D eigenvalue weighted by molar-refractivity contribution is 7.99. The number of para-hydroxylation sites is 2. The largest absolute Gasteiger partial charge is 0.495 e. The Hall–Kier alpha value is -3.06. The van der Waals surface area contributed by atoms with Crippen molar-refractivity contribution in [1.82, 2.24) is 14.8 Å². The summed E-state index contributed by atoms with van der Waals surface area (Å²) in [6.07, 6.45) is 1.80. The fourth-order valence-corrected chi connectivity index (χ4v) is 3.52. The van der Waals surface area contributed by atoms with Crippen LogP contribution in [-0.4, -0.2) is 33.5 Å². The van der Waals surface area contributed by atoms with E-state index in [0.29, 0.717) is 23.1 Å². The Labute approximate surface area is 168 Å². The maximum absolute atomic E-state index is 12.4. The monoisotopic (exact) mass is 394 g/mol. The lowest BCUT2D eigenvalue weighted by atomic mass is 10.1. The molecule has 0 saturated carbocycles. The number of hydrogen-bond acceptors (Lipinski definition) is 5. The molecule has 1 aromatic heterocycles. The van der Waals surface area contributed by atoms with Gasteiger partial charge in [0, 0.05) is 12.1 Å². The van der Waals surface area contributed by atoms with Crippen LogP contribution >= 0.6 is 11.8 Å². The van der Waals surface area contributed by atoms with Crippen LogP contribution in [0.4, 0.5) is 5.69 Å². The van der Waals surface area contributed by atoms with Gasteiger partial charge >= 0.3 is 0 Å². The zero-order valence-corrected chi connectivity index (χ0v) is 16.7. The van der Waals surface area contributed by atoms with Crippen LogP contribution in [0, 0.1) is 6.92 Å². The average molecular weight is 395 g/mol. The van der Waals surface area contributed by atoms with Gasteiger partial charge in [-0.1, -0.05) is 54.2 Å². The molecule has 0 bridgehead atoms. The maximum atomic E-state index is 12.4. The van der Waals surface area contributed by atoms with E-state index in [4.69, 9.17) is 4.74 Å². The third kappa shape index (κ3) is 4.43. The van der Waals surface area contributed by atoms with Crippen molar-refractivity contribution >= 4 is 23.4 Å². The summed E-state index contributed by atoms with van der Waals surface area (Å²) in [4.78, 5) is 12.4. The maximum Gasteiger partial charge on any atom is 0.234 e. The fourth-order valence-electron chi connectivity index (χ4n) is 2.78. The van der Waals surface area contributed by atoms with Crippen LogP contribution in [0.25, 0.3) is 11.4 Å². The molecule has 6 nitrogen and oxygen atoms in total. The summed E-state index contributed by atoms with van der Waals surface area (Å²) in [7, 11) is 1.57. The molecule has 0 fully saturated rings. The van der Waals surface area contributed by atoms with Gasteiger partial charge < -0.3 is 10.1 Å². The van der Waals surface area contributed by atoms with Gasteiger partial charge in [-0.05, 0) is 24.6 Å². The van der Waals surface area contributed by atoms with E-state index < -0.39 is 0 Å². The Morgan fingerprint density at radius 2 is 1.96 bits per heavy atom. The quantitative estimate of drug-likeness (QED) is 0.458. The Kier molecular flexibility index (Phi) is 6.49. The van der Waals surface area contributed by atoms with E-state index in [1.165, 1.54) is 11.8 Å². The molecule has 0 aliphatic rings. The van der Waals surface area contributed by atoms with Gasteiger partial charge in [0.1, 0.15) is 5.75 Å². The Bertz CT molecular complexity index is 984. The summed E-state index contributed by atoms with van der Waals surface area (Å²) in [6.45, 7) is 6.43. The molecule has 1 amide bonds. The SMILES string of the molecule is C=CCn1c(SCC(=O)Nc2ccccc2OC)nnc1-c1ccccc1C. The molecule has 0 aliphatic heterocycles. The molecule has 144 valence electrons. The Morgan fingerprint density at radius 3 is 2.71 bits per heavy atom. The lowest BCUT2D eigenvalue weighted by Crippen LogP contribution is -2.15. The molecule has 7 heteroatoms. The van der Waals surface area contributed by atoms with E-state index in [1.54, 1.807) is 25.3 Å². The summed E-state index contributed by atoms with van der Waals surface area (Å²) >= 11 is 1.34. The predicted octanol–water partition coefficient (Wildman–Crippen LogP) is 4.18. The van der Waals surface area contributed by atoms with Crippen molar-refractivity contribution in [3.8, 4) is 17.1 Å². The lowest BCUT2D eigenvalue weighted by Gasteiger charge is -2.11. The number of carbonyl (C=O) groups is 1. The highest BCUT2D eigenvalue weighted by Crippen LogP contribution is 2.27. The second-order valence-electron chi connectivity index (χ2n) is 6.06. The molecule has 2 aromatic carbocycles. The van der Waals surface area contributed by atoms with Crippen molar-refractivity contribution < 1.29 is 9.53 Å². The highest BCUT2D eigenvalue weighted by Gasteiger charge is 2.16. The number of nitrogens with one attached hydrogen (secondary N) is 1. The van der Waals surface area contributed by atoms with E-state index in [0.717, 1.165) is 17.0 Å². The van der Waals surface area contributed by atoms with E-state index in [2.05, 4.69) is 22.1 Å². The first kappa shape index (κ1) is 19.7. The number of amides is 1. The van der Waals surface area contributed by atoms with Gasteiger partial charge in [0.25, 0.3) is 0 Å². The minimum absolute atomic E-state index is 0.139. The number of ether oxygens (including phenoxy) is 1. The third-order valence-corrected chi connectivity index (χ3v) is 5.09. The summed E-state index contributed by atoms with van der Waals surface area (Å²) in [5.74, 6) is 1.46. The molecule has 0 saturated heterocycles. The number of aryl methyl sites for hydroxylation is 1. The predicted molar refractivity (Wildman–Crippen MR) is 113 cm³/mol. The van der Waals surface area contributed by atoms with Gasteiger partial charge in [0.15, 0.2) is 11.0 Å². The summed E-state index contributed by atoms with van der Waals surface area (Å²) in [5, 5.41) is 12.2. The number of anilines is 1. The zero-order chi connectivity index (χ0) is 19.9. The van der Waals surface area contributed by atoms with Crippen LogP contribution < -0.4 is 10.1 Å². The molecule has 0 aliphatic carbocycles. The normalized spacial score (nSPS) is 10.5. The summed E-state index contributed by atoms with van der Waals surface area (Å²) < 4.78 is 7.23. The van der Waals surface area contributed by atoms with Gasteiger partial charge in [-0.3, -0.25) is 9.36 Å². The number of aromatic nitrogens is 3. The summed E-state index contributed by atoms with van der Waals surface area (Å²) in [5.41, 5.74) is 2.77. The van der Waals surface area contributed by atoms with Gasteiger partial charge in [-0.2, -0.15) is 0 Å². The van der Waals surface area contributed by atoms with Crippen LogP contribution in [0.15, 0.2) is 66.3 Å². The number of rotatable bonds is 8. The number of methoxy groups -OCH3 is 1. The number of nitrogens with zero attached hydrogens (tertiary/aromatic N) is 3. The van der Waals surface area contributed by atoms with Crippen molar-refractivity contribution in [2.24, 2.45) is 0 Å².